The number of carbonyl (C=O) groups is 1. The van der Waals surface area contributed by atoms with Crippen LogP contribution >= 0.6 is 0 Å². The van der Waals surface area contributed by atoms with E-state index in [0.717, 1.165) is 24.5 Å². The number of aryl methyl sites for hydroxylation is 2. The second-order valence-corrected chi connectivity index (χ2v) is 5.83. The van der Waals surface area contributed by atoms with Gasteiger partial charge in [-0.3, -0.25) is 14.9 Å². The van der Waals surface area contributed by atoms with Crippen molar-refractivity contribution in [3.05, 3.63) is 51.6 Å². The lowest BCUT2D eigenvalue weighted by atomic mass is 10.1. The summed E-state index contributed by atoms with van der Waals surface area (Å²) in [4.78, 5) is 27.0. The zero-order valence-electron chi connectivity index (χ0n) is 13.2. The Morgan fingerprint density at radius 2 is 2.25 bits per heavy atom. The van der Waals surface area contributed by atoms with Crippen LogP contribution in [-0.2, 0) is 19.4 Å². The lowest BCUT2D eigenvalue weighted by Gasteiger charge is -2.11. The summed E-state index contributed by atoms with van der Waals surface area (Å²) in [5.41, 5.74) is 6.86. The maximum atomic E-state index is 12.2. The van der Waals surface area contributed by atoms with Crippen molar-refractivity contribution in [2.45, 2.75) is 32.2 Å². The van der Waals surface area contributed by atoms with Gasteiger partial charge in [0, 0.05) is 49.9 Å². The summed E-state index contributed by atoms with van der Waals surface area (Å²) in [5, 5.41) is 13.5. The molecule has 0 spiro atoms. The lowest BCUT2D eigenvalue weighted by Crippen LogP contribution is -2.26. The molecule has 1 aliphatic heterocycles. The molecule has 0 saturated heterocycles. The number of nitrogens with one attached hydrogen (secondary N) is 1. The third-order valence-corrected chi connectivity index (χ3v) is 4.12. The highest BCUT2D eigenvalue weighted by Gasteiger charge is 2.16. The zero-order valence-corrected chi connectivity index (χ0v) is 13.2. The van der Waals surface area contributed by atoms with Crippen molar-refractivity contribution in [1.82, 2.24) is 14.9 Å². The molecule has 1 aromatic heterocycles. The first-order chi connectivity index (χ1) is 11.5. The summed E-state index contributed by atoms with van der Waals surface area (Å²) in [6, 6.07) is 3.85. The average molecular weight is 329 g/mol. The number of non-ortho nitro benzene ring substituents is 1. The van der Waals surface area contributed by atoms with Gasteiger partial charge >= 0.3 is 0 Å². The van der Waals surface area contributed by atoms with Gasteiger partial charge in [0.2, 0.25) is 0 Å². The van der Waals surface area contributed by atoms with Crippen molar-refractivity contribution < 1.29 is 9.72 Å². The van der Waals surface area contributed by atoms with E-state index in [2.05, 4.69) is 14.9 Å². The molecule has 0 saturated carbocycles. The topological polar surface area (TPSA) is 116 Å². The molecular weight excluding hydrogens is 310 g/mol. The highest BCUT2D eigenvalue weighted by molar-refractivity contribution is 5.99. The van der Waals surface area contributed by atoms with Gasteiger partial charge in [0.15, 0.2) is 0 Å². The molecule has 1 aromatic carbocycles. The summed E-state index contributed by atoms with van der Waals surface area (Å²) in [6.45, 7) is 1.40. The van der Waals surface area contributed by atoms with E-state index in [1.54, 1.807) is 0 Å². The van der Waals surface area contributed by atoms with Gasteiger partial charge in [-0.25, -0.2) is 4.98 Å². The number of anilines is 1. The van der Waals surface area contributed by atoms with Gasteiger partial charge in [-0.15, -0.1) is 0 Å². The van der Waals surface area contributed by atoms with Gasteiger partial charge in [-0.2, -0.15) is 0 Å². The Morgan fingerprint density at radius 3 is 3.00 bits per heavy atom. The van der Waals surface area contributed by atoms with E-state index in [0.29, 0.717) is 13.0 Å². The lowest BCUT2D eigenvalue weighted by molar-refractivity contribution is -0.384. The third kappa shape index (κ3) is 3.37. The fourth-order valence-corrected chi connectivity index (χ4v) is 2.85. The van der Waals surface area contributed by atoms with Gasteiger partial charge in [0.05, 0.1) is 16.2 Å². The van der Waals surface area contributed by atoms with Crippen molar-refractivity contribution in [3.8, 4) is 0 Å². The van der Waals surface area contributed by atoms with Crippen LogP contribution < -0.4 is 11.1 Å². The Hall–Kier alpha value is -2.90. The molecule has 8 nitrogen and oxygen atoms in total. The first-order valence-electron chi connectivity index (χ1n) is 7.91. The zero-order chi connectivity index (χ0) is 17.1. The van der Waals surface area contributed by atoms with Gasteiger partial charge in [-0.1, -0.05) is 0 Å². The monoisotopic (exact) mass is 329 g/mol. The number of nitro benzene ring substituents is 1. The van der Waals surface area contributed by atoms with Crippen LogP contribution in [0.15, 0.2) is 24.4 Å². The smallest absolute Gasteiger partial charge is 0.270 e. The third-order valence-electron chi connectivity index (χ3n) is 4.12. The molecule has 0 radical (unpaired) electrons. The van der Waals surface area contributed by atoms with Crippen LogP contribution in [0.4, 0.5) is 11.4 Å². The number of carbonyl (C=O) groups excluding carboxylic acids is 1. The fourth-order valence-electron chi connectivity index (χ4n) is 2.85. The molecule has 8 heteroatoms. The first-order valence-corrected chi connectivity index (χ1v) is 7.91. The van der Waals surface area contributed by atoms with E-state index in [1.807, 2.05) is 6.20 Å². The second kappa shape index (κ2) is 6.69. The Balaban J connectivity index is 1.60. The van der Waals surface area contributed by atoms with Crippen LogP contribution in [0.25, 0.3) is 0 Å². The maximum absolute atomic E-state index is 12.2. The van der Waals surface area contributed by atoms with E-state index < -0.39 is 10.8 Å². The molecule has 3 rings (SSSR count). The Labute approximate surface area is 138 Å². The van der Waals surface area contributed by atoms with Gasteiger partial charge in [0.25, 0.3) is 11.6 Å². The molecule has 0 atom stereocenters. The van der Waals surface area contributed by atoms with Crippen molar-refractivity contribution in [2.24, 2.45) is 0 Å². The summed E-state index contributed by atoms with van der Waals surface area (Å²) in [5.74, 6) is 0.686. The standard InChI is InChI=1S/C16H19N5O3/c17-14-5-4-12(21(23)24)9-13(14)16(22)18-7-6-11-10-20-8-2-1-3-15(20)19-11/h4-5,9-10H,1-3,6-8,17H2,(H,18,22). The number of fused-ring (bicyclic) bond motifs is 1. The number of benzene rings is 1. The number of imidazole rings is 1. The average Bonchev–Trinajstić information content (AvgIpc) is 2.97. The van der Waals surface area contributed by atoms with Crippen LogP contribution in [0.3, 0.4) is 0 Å². The molecule has 0 bridgehead atoms. The molecule has 126 valence electrons. The molecule has 1 amide bonds. The SMILES string of the molecule is Nc1ccc([N+](=O)[O-])cc1C(=O)NCCc1cn2c(n1)CCCC2. The molecule has 0 unspecified atom stereocenters. The van der Waals surface area contributed by atoms with Gasteiger partial charge in [0.1, 0.15) is 5.82 Å². The summed E-state index contributed by atoms with van der Waals surface area (Å²) in [7, 11) is 0. The number of nitrogens with zero attached hydrogens (tertiary/aromatic N) is 3. The molecule has 2 aromatic rings. The Bertz CT molecular complexity index is 761. The minimum absolute atomic E-state index is 0.119. The van der Waals surface area contributed by atoms with E-state index in [1.165, 1.54) is 31.0 Å². The van der Waals surface area contributed by atoms with E-state index in [9.17, 15) is 14.9 Å². The predicted octanol–water partition coefficient (Wildman–Crippen LogP) is 1.68. The van der Waals surface area contributed by atoms with Crippen molar-refractivity contribution >= 4 is 17.3 Å². The highest BCUT2D eigenvalue weighted by Crippen LogP contribution is 2.19. The maximum Gasteiger partial charge on any atom is 0.270 e. The van der Waals surface area contributed by atoms with Crippen LogP contribution in [0.1, 0.15) is 34.7 Å². The molecule has 0 aliphatic carbocycles. The molecule has 3 N–H and O–H groups in total. The van der Waals surface area contributed by atoms with Gasteiger partial charge < -0.3 is 15.6 Å². The Kier molecular flexibility index (Phi) is 4.45. The molecule has 0 fully saturated rings. The largest absolute Gasteiger partial charge is 0.398 e. The number of rotatable bonds is 5. The summed E-state index contributed by atoms with van der Waals surface area (Å²) < 4.78 is 2.17. The minimum Gasteiger partial charge on any atom is -0.398 e. The molecular formula is C16H19N5O3. The number of hydrogen-bond donors (Lipinski definition) is 2. The number of nitro groups is 1. The predicted molar refractivity (Wildman–Crippen MR) is 88.7 cm³/mol. The molecule has 24 heavy (non-hydrogen) atoms. The molecule has 2 heterocycles. The van der Waals surface area contributed by atoms with Crippen LogP contribution in [0, 0.1) is 10.1 Å². The van der Waals surface area contributed by atoms with Crippen LogP contribution in [-0.4, -0.2) is 26.9 Å². The second-order valence-electron chi connectivity index (χ2n) is 5.83. The number of aromatic nitrogens is 2. The van der Waals surface area contributed by atoms with Gasteiger partial charge in [-0.05, 0) is 18.9 Å². The van der Waals surface area contributed by atoms with E-state index >= 15 is 0 Å². The Morgan fingerprint density at radius 1 is 1.42 bits per heavy atom. The van der Waals surface area contributed by atoms with E-state index in [4.69, 9.17) is 5.73 Å². The normalized spacial score (nSPS) is 13.3. The minimum atomic E-state index is -0.550. The number of amides is 1. The van der Waals surface area contributed by atoms with Crippen molar-refractivity contribution in [2.75, 3.05) is 12.3 Å². The van der Waals surface area contributed by atoms with Crippen LogP contribution in [0.5, 0.6) is 0 Å². The van der Waals surface area contributed by atoms with Crippen molar-refractivity contribution in [3.63, 3.8) is 0 Å². The quantitative estimate of drug-likeness (QED) is 0.492. The fraction of sp³-hybridized carbons (Fsp3) is 0.375. The van der Waals surface area contributed by atoms with E-state index in [-0.39, 0.29) is 16.9 Å². The first kappa shape index (κ1) is 16.0. The number of nitrogen functional groups attached to an aromatic ring is 1. The van der Waals surface area contributed by atoms with Crippen LogP contribution in [0.2, 0.25) is 0 Å². The number of nitrogens with two attached hydrogens (primary N) is 1. The van der Waals surface area contributed by atoms with Crippen molar-refractivity contribution in [1.29, 1.82) is 0 Å². The summed E-state index contributed by atoms with van der Waals surface area (Å²) >= 11 is 0. The number of hydrogen-bond acceptors (Lipinski definition) is 5. The molecule has 1 aliphatic rings. The summed E-state index contributed by atoms with van der Waals surface area (Å²) in [6.07, 6.45) is 5.98. The highest BCUT2D eigenvalue weighted by atomic mass is 16.6.